The quantitative estimate of drug-likeness (QED) is 0.0642. The highest BCUT2D eigenvalue weighted by molar-refractivity contribution is 6.63. The second-order valence-electron chi connectivity index (χ2n) is 28.8. The van der Waals surface area contributed by atoms with Crippen molar-refractivity contribution in [2.45, 2.75) is 192 Å². The molecular formula is C75H102B2O8. The van der Waals surface area contributed by atoms with Crippen LogP contribution in [0.4, 0.5) is 0 Å². The van der Waals surface area contributed by atoms with Gasteiger partial charge in [-0.3, -0.25) is 0 Å². The van der Waals surface area contributed by atoms with Crippen molar-refractivity contribution >= 4 is 62.8 Å². The van der Waals surface area contributed by atoms with Crippen molar-refractivity contribution in [2.24, 2.45) is 10.8 Å². The molecule has 0 atom stereocenters. The average Bonchev–Trinajstić information content (AvgIpc) is 1.71. The van der Waals surface area contributed by atoms with Gasteiger partial charge in [-0.25, -0.2) is 0 Å². The van der Waals surface area contributed by atoms with Gasteiger partial charge in [0.25, 0.3) is 0 Å². The van der Waals surface area contributed by atoms with E-state index in [0.29, 0.717) is 0 Å². The first-order valence-corrected chi connectivity index (χ1v) is 29.8. The van der Waals surface area contributed by atoms with Crippen LogP contribution in [0.25, 0.3) is 65.3 Å². The van der Waals surface area contributed by atoms with Crippen LogP contribution in [0.5, 0.6) is 11.5 Å². The van der Waals surface area contributed by atoms with E-state index in [1.807, 2.05) is 6.82 Å². The monoisotopic (exact) mass is 1150 g/mol. The number of ether oxygens (including phenoxy) is 4. The number of hydrogen-bond acceptors (Lipinski definition) is 8. The summed E-state index contributed by atoms with van der Waals surface area (Å²) in [6.07, 6.45) is 2.10. The van der Waals surface area contributed by atoms with E-state index in [9.17, 15) is 0 Å². The van der Waals surface area contributed by atoms with Crippen molar-refractivity contribution < 1.29 is 37.6 Å². The van der Waals surface area contributed by atoms with E-state index in [1.165, 1.54) is 59.8 Å². The van der Waals surface area contributed by atoms with Gasteiger partial charge in [-0.05, 0) is 181 Å². The molecule has 10 rings (SSSR count). The molecule has 0 spiro atoms. The van der Waals surface area contributed by atoms with Crippen molar-refractivity contribution in [2.75, 3.05) is 27.8 Å². The van der Waals surface area contributed by atoms with Crippen molar-refractivity contribution in [3.8, 4) is 33.8 Å². The minimum Gasteiger partial charge on any atom is -0.467 e. The molecule has 2 saturated heterocycles. The maximum Gasteiger partial charge on any atom is 0.498 e. The molecule has 2 heterocycles. The van der Waals surface area contributed by atoms with Crippen LogP contribution in [0.15, 0.2) is 140 Å². The summed E-state index contributed by atoms with van der Waals surface area (Å²) in [5.41, 5.74) is 6.97. The van der Waals surface area contributed by atoms with E-state index in [-0.39, 0.29) is 68.4 Å². The summed E-state index contributed by atoms with van der Waals surface area (Å²) < 4.78 is 47.7. The molecule has 2 aliphatic rings. The maximum absolute atomic E-state index is 6.66. The van der Waals surface area contributed by atoms with Crippen LogP contribution in [0, 0.1) is 10.8 Å². The van der Waals surface area contributed by atoms with Gasteiger partial charge in [-0.1, -0.05) is 193 Å². The summed E-state index contributed by atoms with van der Waals surface area (Å²) in [5.74, 6) is 1.59. The van der Waals surface area contributed by atoms with Crippen LogP contribution >= 0.6 is 0 Å². The molecule has 0 saturated carbocycles. The van der Waals surface area contributed by atoms with E-state index in [2.05, 4.69) is 264 Å². The lowest BCUT2D eigenvalue weighted by Crippen LogP contribution is -2.41. The standard InChI is InChI=1S/C36H45BO4.C30H34O2.C7H15BO2.2CH4/c1-33(2,3)22-34(4,5)26-20-29(31-27-17-13-11-15-24(27)19-25-16-12-14-18-28(25)31)32(39-23-38-10)30(21-26)37-40-35(6,7)36(8,9)41-37;1-29(2,3)19-30(4,5)23-15-16-27(32-20-31-6)26(18-23)28-24-13-9-7-11-21(24)17-22-12-8-10-14-25(22)28;1-6(2)7(3,4)10-8(5)9-6;;/h11-21H,22-23H2,1-10H3;7-18H,19-20H2,1-6H3;1-5H3;2*1H4. The van der Waals surface area contributed by atoms with Gasteiger partial charge in [0.05, 0.1) is 22.4 Å². The number of benzene rings is 8. The van der Waals surface area contributed by atoms with Crippen LogP contribution in [0.2, 0.25) is 6.82 Å². The lowest BCUT2D eigenvalue weighted by atomic mass is 9.68. The minimum atomic E-state index is -0.586. The number of rotatable bonds is 13. The van der Waals surface area contributed by atoms with Gasteiger partial charge in [0.1, 0.15) is 11.5 Å². The van der Waals surface area contributed by atoms with Gasteiger partial charge >= 0.3 is 14.2 Å². The number of methoxy groups -OCH3 is 2. The van der Waals surface area contributed by atoms with Gasteiger partial charge in [0.15, 0.2) is 13.6 Å². The lowest BCUT2D eigenvalue weighted by molar-refractivity contribution is 0.00578. The van der Waals surface area contributed by atoms with Crippen molar-refractivity contribution in [3.05, 3.63) is 151 Å². The van der Waals surface area contributed by atoms with Crippen molar-refractivity contribution in [1.82, 2.24) is 0 Å². The molecule has 0 N–H and O–H groups in total. The summed E-state index contributed by atoms with van der Waals surface area (Å²) in [6, 6.07) is 50.2. The van der Waals surface area contributed by atoms with Gasteiger partial charge < -0.3 is 37.6 Å². The van der Waals surface area contributed by atoms with Gasteiger partial charge in [-0.2, -0.15) is 0 Å². The fourth-order valence-electron chi connectivity index (χ4n) is 12.6. The zero-order chi connectivity index (χ0) is 60.7. The average molecular weight is 1150 g/mol. The second kappa shape index (κ2) is 25.9. The normalized spacial score (nSPS) is 16.3. The molecule has 0 radical (unpaired) electrons. The first kappa shape index (κ1) is 68.4. The van der Waals surface area contributed by atoms with Crippen LogP contribution in [0.3, 0.4) is 0 Å². The van der Waals surface area contributed by atoms with Crippen LogP contribution in [-0.4, -0.2) is 64.4 Å². The Kier molecular flexibility index (Phi) is 20.9. The fraction of sp³-hybridized carbons (Fsp3) is 0.467. The van der Waals surface area contributed by atoms with E-state index >= 15 is 0 Å². The van der Waals surface area contributed by atoms with E-state index in [0.717, 1.165) is 46.5 Å². The highest BCUT2D eigenvalue weighted by Gasteiger charge is 2.53. The fourth-order valence-corrected chi connectivity index (χ4v) is 12.6. The third kappa shape index (κ3) is 15.2. The predicted molar refractivity (Wildman–Crippen MR) is 364 cm³/mol. The molecule has 0 aromatic heterocycles. The summed E-state index contributed by atoms with van der Waals surface area (Å²) >= 11 is 0. The Morgan fingerprint density at radius 3 is 1.14 bits per heavy atom. The summed E-state index contributed by atoms with van der Waals surface area (Å²) in [5, 5.41) is 9.68. The molecule has 8 aromatic rings. The summed E-state index contributed by atoms with van der Waals surface area (Å²) in [7, 11) is 2.66. The Balaban J connectivity index is 0.000000234. The van der Waals surface area contributed by atoms with E-state index in [1.54, 1.807) is 14.2 Å². The SMILES string of the molecule is C.C.CB1OC(C)(C)C(C)(C)O1.COCOc1c(B2OC(C)(C)C(C)(C)O2)cc(C(C)(C)CC(C)(C)C)cc1-c1c2ccccc2cc2ccccc12.COCOc1ccc(C(C)(C)CC(C)(C)C)cc1-c1c2ccccc2cc2ccccc12. The Hall–Kier alpha value is -5.71. The van der Waals surface area contributed by atoms with Gasteiger partial charge in [0, 0.05) is 41.9 Å². The molecule has 0 unspecified atom stereocenters. The molecule has 2 aliphatic heterocycles. The second-order valence-corrected chi connectivity index (χ2v) is 28.8. The molecule has 0 amide bonds. The zero-order valence-corrected chi connectivity index (χ0v) is 54.0. The Morgan fingerprint density at radius 1 is 0.412 bits per heavy atom. The first-order valence-electron chi connectivity index (χ1n) is 29.8. The van der Waals surface area contributed by atoms with E-state index < -0.39 is 18.3 Å². The molecule has 0 aliphatic carbocycles. The van der Waals surface area contributed by atoms with Crippen LogP contribution in [0.1, 0.15) is 163 Å². The molecule has 2 fully saturated rings. The molecular weight excluding hydrogens is 1050 g/mol. The third-order valence-electron chi connectivity index (χ3n) is 17.2. The summed E-state index contributed by atoms with van der Waals surface area (Å²) in [6.45, 7) is 42.0. The predicted octanol–water partition coefficient (Wildman–Crippen LogP) is 20.0. The molecule has 0 bridgehead atoms. The Bertz CT molecular complexity index is 3440. The lowest BCUT2D eigenvalue weighted by Gasteiger charge is -2.34. The smallest absolute Gasteiger partial charge is 0.467 e. The highest BCUT2D eigenvalue weighted by Crippen LogP contribution is 2.48. The zero-order valence-electron chi connectivity index (χ0n) is 54.0. The maximum atomic E-state index is 6.66. The molecule has 8 nitrogen and oxygen atoms in total. The van der Waals surface area contributed by atoms with Crippen molar-refractivity contribution in [1.29, 1.82) is 0 Å². The van der Waals surface area contributed by atoms with Crippen molar-refractivity contribution in [3.63, 3.8) is 0 Å². The first-order chi connectivity index (χ1) is 38.7. The van der Waals surface area contributed by atoms with Gasteiger partial charge in [0.2, 0.25) is 0 Å². The number of hydrogen-bond donors (Lipinski definition) is 0. The molecule has 85 heavy (non-hydrogen) atoms. The third-order valence-corrected chi connectivity index (χ3v) is 17.2. The Labute approximate surface area is 513 Å². The topological polar surface area (TPSA) is 73.8 Å². The summed E-state index contributed by atoms with van der Waals surface area (Å²) in [4.78, 5) is 0. The highest BCUT2D eigenvalue weighted by atomic mass is 16.7. The largest absolute Gasteiger partial charge is 0.498 e. The van der Waals surface area contributed by atoms with Crippen LogP contribution < -0.4 is 14.9 Å². The Morgan fingerprint density at radius 2 is 0.765 bits per heavy atom. The molecule has 10 heteroatoms. The minimum absolute atomic E-state index is 0. The van der Waals surface area contributed by atoms with Crippen LogP contribution in [-0.2, 0) is 38.9 Å². The molecule has 8 aromatic carbocycles. The van der Waals surface area contributed by atoms with Gasteiger partial charge in [-0.15, -0.1) is 0 Å². The van der Waals surface area contributed by atoms with E-state index in [4.69, 9.17) is 37.6 Å². The number of fused-ring (bicyclic) bond motifs is 4. The molecule has 456 valence electrons.